The minimum atomic E-state index is -0.310. The molecule has 0 radical (unpaired) electrons. The van der Waals surface area contributed by atoms with Gasteiger partial charge in [0.25, 0.3) is 0 Å². The molecule has 6 nitrogen and oxygen atoms in total. The fourth-order valence-corrected chi connectivity index (χ4v) is 6.97. The summed E-state index contributed by atoms with van der Waals surface area (Å²) < 4.78 is 6.19. The summed E-state index contributed by atoms with van der Waals surface area (Å²) in [5.41, 5.74) is 5.13. The predicted octanol–water partition coefficient (Wildman–Crippen LogP) is 6.23. The fraction of sp³-hybridized carbons (Fsp3) is 0.516. The maximum atomic E-state index is 13.2. The number of likely N-dealkylation sites (tertiary alicyclic amines) is 2. The van der Waals surface area contributed by atoms with Gasteiger partial charge in [0.1, 0.15) is 0 Å². The maximum absolute atomic E-state index is 13.2. The van der Waals surface area contributed by atoms with Crippen LogP contribution in [0.2, 0.25) is 5.02 Å². The number of carbonyl (C=O) groups excluding carboxylic acids is 2. The normalized spacial score (nSPS) is 19.8. The Kier molecular flexibility index (Phi) is 9.14. The smallest absolute Gasteiger partial charge is 0.410 e. The number of hydrogen-bond acceptors (Lipinski definition) is 4. The minimum absolute atomic E-state index is 0.128. The van der Waals surface area contributed by atoms with Crippen LogP contribution >= 0.6 is 27.5 Å². The molecule has 0 N–H and O–H groups in total. The molecular formula is C31H35BrClN3O3. The summed E-state index contributed by atoms with van der Waals surface area (Å²) in [5.74, 6) is 6.66. The standard InChI is InChI=1S/C31H35BrClN3O3/c1-2-3-16-39-31(38)36-12-8-21(9-13-36)17-28(37)35-14-10-22(11-15-35)29-27-7-6-26(33)19-23(27)4-5-24-18-25(32)20-34-30(24)29/h6-7,18-22,29H,4-5,8-17H2,1H3. The molecule has 39 heavy (non-hydrogen) atoms. The fourth-order valence-electron chi connectivity index (χ4n) is 6.40. The monoisotopic (exact) mass is 611 g/mol. The number of benzene rings is 1. The molecule has 1 atom stereocenters. The van der Waals surface area contributed by atoms with Crippen LogP contribution < -0.4 is 0 Å². The van der Waals surface area contributed by atoms with Crippen LogP contribution in [0, 0.1) is 23.7 Å². The highest BCUT2D eigenvalue weighted by Crippen LogP contribution is 2.43. The summed E-state index contributed by atoms with van der Waals surface area (Å²) >= 11 is 9.99. The molecule has 5 rings (SSSR count). The Hall–Kier alpha value is -2.56. The first-order valence-corrected chi connectivity index (χ1v) is 15.1. The zero-order valence-corrected chi connectivity index (χ0v) is 24.8. The first kappa shape index (κ1) is 28.0. The predicted molar refractivity (Wildman–Crippen MR) is 156 cm³/mol. The van der Waals surface area contributed by atoms with Crippen molar-refractivity contribution in [1.29, 1.82) is 0 Å². The van der Waals surface area contributed by atoms with E-state index in [-0.39, 0.29) is 24.5 Å². The van der Waals surface area contributed by atoms with E-state index in [2.05, 4.69) is 50.9 Å². The summed E-state index contributed by atoms with van der Waals surface area (Å²) in [6, 6.07) is 8.53. The van der Waals surface area contributed by atoms with E-state index in [1.807, 2.05) is 12.3 Å². The van der Waals surface area contributed by atoms with Gasteiger partial charge in [0.2, 0.25) is 5.91 Å². The van der Waals surface area contributed by atoms with Crippen molar-refractivity contribution in [2.24, 2.45) is 11.8 Å². The molecular weight excluding hydrogens is 578 g/mol. The van der Waals surface area contributed by atoms with E-state index < -0.39 is 0 Å². The van der Waals surface area contributed by atoms with Gasteiger partial charge in [-0.3, -0.25) is 9.78 Å². The van der Waals surface area contributed by atoms with E-state index in [1.165, 1.54) is 22.4 Å². The Labute approximate surface area is 244 Å². The second-order valence-electron chi connectivity index (χ2n) is 10.9. The van der Waals surface area contributed by atoms with Gasteiger partial charge in [-0.15, -0.1) is 5.92 Å². The summed E-state index contributed by atoms with van der Waals surface area (Å²) in [5, 5.41) is 0.779. The highest BCUT2D eigenvalue weighted by Gasteiger charge is 2.35. The Morgan fingerprint density at radius 2 is 1.77 bits per heavy atom. The zero-order chi connectivity index (χ0) is 27.4. The average molecular weight is 613 g/mol. The molecule has 2 amide bonds. The molecule has 1 aliphatic carbocycles. The number of hydrogen-bond donors (Lipinski definition) is 0. The van der Waals surface area contributed by atoms with Crippen molar-refractivity contribution in [3.8, 4) is 11.8 Å². The molecule has 2 aliphatic heterocycles. The van der Waals surface area contributed by atoms with Crippen LogP contribution in [0.3, 0.4) is 0 Å². The van der Waals surface area contributed by atoms with Gasteiger partial charge in [-0.1, -0.05) is 23.6 Å². The lowest BCUT2D eigenvalue weighted by molar-refractivity contribution is -0.134. The van der Waals surface area contributed by atoms with Gasteiger partial charge < -0.3 is 14.5 Å². The number of amides is 2. The number of carbonyl (C=O) groups is 2. The van der Waals surface area contributed by atoms with Crippen molar-refractivity contribution >= 4 is 39.5 Å². The topological polar surface area (TPSA) is 62.7 Å². The number of halogens is 2. The van der Waals surface area contributed by atoms with Gasteiger partial charge in [0.05, 0.1) is 5.69 Å². The van der Waals surface area contributed by atoms with Crippen molar-refractivity contribution in [2.75, 3.05) is 32.8 Å². The van der Waals surface area contributed by atoms with Gasteiger partial charge in [0, 0.05) is 54.2 Å². The van der Waals surface area contributed by atoms with E-state index in [0.717, 1.165) is 61.1 Å². The van der Waals surface area contributed by atoms with Crippen LogP contribution in [-0.4, -0.2) is 59.6 Å². The summed E-state index contributed by atoms with van der Waals surface area (Å²) in [7, 11) is 0. The van der Waals surface area contributed by atoms with Crippen LogP contribution in [0.5, 0.6) is 0 Å². The SMILES string of the molecule is CC#CCOC(=O)N1CCC(CC(=O)N2CCC(C3c4ccc(Cl)cc4CCc4cc(Br)cnc43)CC2)CC1. The van der Waals surface area contributed by atoms with Crippen LogP contribution in [0.25, 0.3) is 0 Å². The first-order valence-electron chi connectivity index (χ1n) is 13.9. The second kappa shape index (κ2) is 12.7. The number of aromatic nitrogens is 1. The molecule has 3 aliphatic rings. The van der Waals surface area contributed by atoms with E-state index in [0.29, 0.717) is 31.3 Å². The minimum Gasteiger partial charge on any atom is -0.436 e. The van der Waals surface area contributed by atoms with Crippen LogP contribution in [0.1, 0.15) is 67.3 Å². The third-order valence-electron chi connectivity index (χ3n) is 8.51. The highest BCUT2D eigenvalue weighted by molar-refractivity contribution is 9.10. The number of piperidine rings is 2. The van der Waals surface area contributed by atoms with Gasteiger partial charge in [0.15, 0.2) is 6.61 Å². The average Bonchev–Trinajstić information content (AvgIpc) is 3.09. The lowest BCUT2D eigenvalue weighted by atomic mass is 9.76. The Morgan fingerprint density at radius 3 is 2.51 bits per heavy atom. The molecule has 2 fully saturated rings. The molecule has 3 heterocycles. The number of aryl methyl sites for hydroxylation is 2. The third kappa shape index (κ3) is 6.61. The molecule has 1 unspecified atom stereocenters. The molecule has 8 heteroatoms. The molecule has 0 saturated carbocycles. The van der Waals surface area contributed by atoms with E-state index in [1.54, 1.807) is 11.8 Å². The van der Waals surface area contributed by atoms with Crippen molar-refractivity contribution in [3.05, 3.63) is 62.3 Å². The van der Waals surface area contributed by atoms with Crippen molar-refractivity contribution in [1.82, 2.24) is 14.8 Å². The van der Waals surface area contributed by atoms with E-state index in [4.69, 9.17) is 21.3 Å². The van der Waals surface area contributed by atoms with Crippen molar-refractivity contribution < 1.29 is 14.3 Å². The van der Waals surface area contributed by atoms with Gasteiger partial charge in [-0.25, -0.2) is 4.79 Å². The Bertz CT molecular complexity index is 1220. The van der Waals surface area contributed by atoms with E-state index >= 15 is 0 Å². The van der Waals surface area contributed by atoms with Gasteiger partial charge in [-0.2, -0.15) is 0 Å². The molecule has 2 saturated heterocycles. The molecule has 1 aromatic heterocycles. The van der Waals surface area contributed by atoms with Crippen LogP contribution in [0.15, 0.2) is 34.9 Å². The number of ether oxygens (including phenoxy) is 1. The Balaban J connectivity index is 1.19. The quantitative estimate of drug-likeness (QED) is 0.384. The largest absolute Gasteiger partial charge is 0.436 e. The summed E-state index contributed by atoms with van der Waals surface area (Å²) in [6.45, 7) is 4.67. The van der Waals surface area contributed by atoms with Gasteiger partial charge >= 0.3 is 6.09 Å². The second-order valence-corrected chi connectivity index (χ2v) is 12.2. The van der Waals surface area contributed by atoms with Crippen LogP contribution in [-0.2, 0) is 22.4 Å². The zero-order valence-electron chi connectivity index (χ0n) is 22.4. The summed E-state index contributed by atoms with van der Waals surface area (Å²) in [4.78, 5) is 34.1. The number of fused-ring (bicyclic) bond motifs is 2. The number of nitrogens with zero attached hydrogens (tertiary/aromatic N) is 3. The van der Waals surface area contributed by atoms with Gasteiger partial charge in [-0.05, 0) is 108 Å². The van der Waals surface area contributed by atoms with Crippen molar-refractivity contribution in [2.45, 2.75) is 57.8 Å². The number of pyridine rings is 1. The third-order valence-corrected chi connectivity index (χ3v) is 9.18. The Morgan fingerprint density at radius 1 is 1.05 bits per heavy atom. The lowest BCUT2D eigenvalue weighted by Crippen LogP contribution is -2.43. The number of rotatable bonds is 4. The molecule has 2 aromatic rings. The lowest BCUT2D eigenvalue weighted by Gasteiger charge is -2.38. The van der Waals surface area contributed by atoms with E-state index in [9.17, 15) is 9.59 Å². The summed E-state index contributed by atoms with van der Waals surface area (Å²) in [6.07, 6.45) is 7.64. The van der Waals surface area contributed by atoms with Crippen molar-refractivity contribution in [3.63, 3.8) is 0 Å². The highest BCUT2D eigenvalue weighted by atomic mass is 79.9. The maximum Gasteiger partial charge on any atom is 0.410 e. The van der Waals surface area contributed by atoms with Crippen LogP contribution in [0.4, 0.5) is 4.79 Å². The molecule has 0 spiro atoms. The molecule has 0 bridgehead atoms. The molecule has 206 valence electrons. The molecule has 1 aromatic carbocycles. The first-order chi connectivity index (χ1) is 18.9.